The molecule has 0 bridgehead atoms. The lowest BCUT2D eigenvalue weighted by Crippen LogP contribution is -2.09. The van der Waals surface area contributed by atoms with Crippen LogP contribution in [0.15, 0.2) is 42.9 Å². The molecule has 5 heteroatoms. The first-order valence-electron chi connectivity index (χ1n) is 5.30. The fourth-order valence-electron chi connectivity index (χ4n) is 1.78. The van der Waals surface area contributed by atoms with Crippen LogP contribution in [-0.4, -0.2) is 30.7 Å². The predicted molar refractivity (Wildman–Crippen MR) is 66.6 cm³/mol. The zero-order valence-electron chi connectivity index (χ0n) is 9.26. The summed E-state index contributed by atoms with van der Waals surface area (Å²) in [5, 5.41) is 0. The summed E-state index contributed by atoms with van der Waals surface area (Å²) < 4.78 is 16.0. The maximum atomic E-state index is 12.8. The summed E-state index contributed by atoms with van der Waals surface area (Å²) in [6.07, 6.45) is 3.63. The van der Waals surface area contributed by atoms with E-state index in [1.54, 1.807) is 18.5 Å². The molecule has 0 fully saturated rings. The Morgan fingerprint density at radius 2 is 1.88 bits per heavy atom. The van der Waals surface area contributed by atoms with Gasteiger partial charge >= 0.3 is 0 Å². The SMILES string of the molecule is Fc1ccc(-c2cc3nc[c]([AlH2])n3cn2)cc1. The molecule has 3 aromatic rings. The minimum atomic E-state index is -0.238. The van der Waals surface area contributed by atoms with Crippen LogP contribution in [0.5, 0.6) is 0 Å². The number of benzene rings is 1. The Kier molecular flexibility index (Phi) is 2.43. The topological polar surface area (TPSA) is 30.2 Å². The maximum Gasteiger partial charge on any atom is 0.289 e. The lowest BCUT2D eigenvalue weighted by molar-refractivity contribution is 0.628. The fourth-order valence-corrected chi connectivity index (χ4v) is 2.25. The van der Waals surface area contributed by atoms with Gasteiger partial charge in [0, 0.05) is 17.8 Å². The van der Waals surface area contributed by atoms with Gasteiger partial charge in [0.25, 0.3) is 16.3 Å². The van der Waals surface area contributed by atoms with Gasteiger partial charge in [-0.3, -0.25) is 0 Å². The van der Waals surface area contributed by atoms with Gasteiger partial charge in [0.15, 0.2) is 0 Å². The molecule has 2 aromatic heterocycles. The largest absolute Gasteiger partial charge is 0.306 e. The van der Waals surface area contributed by atoms with Gasteiger partial charge in [0.1, 0.15) is 11.5 Å². The minimum absolute atomic E-state index is 0.238. The first-order valence-corrected chi connectivity index (χ1v) is 6.30. The third-order valence-corrected chi connectivity index (χ3v) is 3.47. The molecule has 3 nitrogen and oxygen atoms in total. The molecule has 0 aliphatic heterocycles. The molecular weight excluding hydrogens is 232 g/mol. The number of halogens is 1. The second-order valence-corrected chi connectivity index (χ2v) is 4.93. The summed E-state index contributed by atoms with van der Waals surface area (Å²) in [5.74, 6) is -0.238. The second kappa shape index (κ2) is 3.95. The Balaban J connectivity index is 2.14. The van der Waals surface area contributed by atoms with E-state index in [2.05, 4.69) is 9.97 Å². The molecule has 3 rings (SSSR count). The molecule has 0 amide bonds. The van der Waals surface area contributed by atoms with Crippen LogP contribution in [-0.2, 0) is 0 Å². The number of hydrogen-bond donors (Lipinski definition) is 0. The Morgan fingerprint density at radius 3 is 2.65 bits per heavy atom. The Bertz CT molecular complexity index is 676. The zero-order chi connectivity index (χ0) is 11.8. The lowest BCUT2D eigenvalue weighted by Gasteiger charge is -2.02. The Morgan fingerprint density at radius 1 is 1.12 bits per heavy atom. The summed E-state index contributed by atoms with van der Waals surface area (Å²) in [5.41, 5.74) is 2.58. The third-order valence-electron chi connectivity index (χ3n) is 2.73. The number of fused-ring (bicyclic) bond motifs is 1. The molecule has 0 spiro atoms. The third kappa shape index (κ3) is 1.84. The lowest BCUT2D eigenvalue weighted by atomic mass is 10.1. The van der Waals surface area contributed by atoms with Crippen molar-refractivity contribution in [2.24, 2.45) is 0 Å². The number of imidazole rings is 1. The van der Waals surface area contributed by atoms with E-state index in [0.29, 0.717) is 0 Å². The van der Waals surface area contributed by atoms with Crippen molar-refractivity contribution in [3.63, 3.8) is 0 Å². The van der Waals surface area contributed by atoms with Crippen molar-refractivity contribution in [2.75, 3.05) is 0 Å². The number of aromatic nitrogens is 3. The molecule has 17 heavy (non-hydrogen) atoms. The van der Waals surface area contributed by atoms with E-state index < -0.39 is 0 Å². The van der Waals surface area contributed by atoms with E-state index in [4.69, 9.17) is 0 Å². The maximum absolute atomic E-state index is 12.8. The van der Waals surface area contributed by atoms with Crippen molar-refractivity contribution in [2.45, 2.75) is 0 Å². The summed E-state index contributed by atoms with van der Waals surface area (Å²) >= 11 is 0.937. The minimum Gasteiger partial charge on any atom is -0.306 e. The second-order valence-electron chi connectivity index (χ2n) is 3.91. The Labute approximate surface area is 105 Å². The molecule has 0 saturated heterocycles. The highest BCUT2D eigenvalue weighted by atomic mass is 27.0. The van der Waals surface area contributed by atoms with E-state index in [1.807, 2.05) is 16.7 Å². The molecule has 1 aromatic carbocycles. The standard InChI is InChI=1S/C12H7FN3.Al.2H/c13-10-3-1-9(2-4-10)11-7-12-14-5-6-16(12)8-15-11;;;/h1-5,7-8H;;;. The van der Waals surface area contributed by atoms with Crippen LogP contribution in [0.25, 0.3) is 16.9 Å². The van der Waals surface area contributed by atoms with Crippen molar-refractivity contribution in [3.05, 3.63) is 48.7 Å². The summed E-state index contributed by atoms with van der Waals surface area (Å²) in [4.78, 5) is 8.67. The average molecular weight is 241 g/mol. The van der Waals surface area contributed by atoms with Crippen LogP contribution in [0.4, 0.5) is 4.39 Å². The summed E-state index contributed by atoms with van der Waals surface area (Å²) in [7, 11) is 0. The number of nitrogens with zero attached hydrogens (tertiary/aromatic N) is 3. The number of rotatable bonds is 1. The van der Waals surface area contributed by atoms with Crippen molar-refractivity contribution in [3.8, 4) is 11.3 Å². The average Bonchev–Trinajstić information content (AvgIpc) is 2.72. The smallest absolute Gasteiger partial charge is 0.289 e. The van der Waals surface area contributed by atoms with Gasteiger partial charge in [-0.05, 0) is 28.8 Å². The first kappa shape index (κ1) is 10.5. The van der Waals surface area contributed by atoms with Crippen LogP contribution >= 0.6 is 0 Å². The van der Waals surface area contributed by atoms with Crippen molar-refractivity contribution in [1.29, 1.82) is 0 Å². The highest BCUT2D eigenvalue weighted by Gasteiger charge is 2.03. The summed E-state index contributed by atoms with van der Waals surface area (Å²) in [6.45, 7) is 0. The molecule has 0 radical (unpaired) electrons. The normalized spacial score (nSPS) is 10.9. The molecule has 2 heterocycles. The van der Waals surface area contributed by atoms with Crippen molar-refractivity contribution >= 4 is 26.5 Å². The van der Waals surface area contributed by atoms with Crippen LogP contribution in [0.3, 0.4) is 0 Å². The van der Waals surface area contributed by atoms with Gasteiger partial charge < -0.3 is 4.40 Å². The van der Waals surface area contributed by atoms with Crippen molar-refractivity contribution < 1.29 is 4.39 Å². The van der Waals surface area contributed by atoms with Crippen molar-refractivity contribution in [1.82, 2.24) is 14.4 Å². The monoisotopic (exact) mass is 241 g/mol. The molecule has 0 N–H and O–H groups in total. The molecule has 0 atom stereocenters. The first-order chi connectivity index (χ1) is 8.24. The zero-order valence-corrected chi connectivity index (χ0v) is 11.3. The van der Waals surface area contributed by atoms with E-state index in [-0.39, 0.29) is 5.82 Å². The fraction of sp³-hybridized carbons (Fsp3) is 0. The number of hydrogen-bond acceptors (Lipinski definition) is 2. The van der Waals surface area contributed by atoms with E-state index in [9.17, 15) is 4.39 Å². The van der Waals surface area contributed by atoms with E-state index >= 15 is 0 Å². The molecule has 0 saturated carbocycles. The van der Waals surface area contributed by atoms with Gasteiger partial charge in [-0.2, -0.15) is 0 Å². The molecule has 0 aliphatic carbocycles. The predicted octanol–water partition coefficient (Wildman–Crippen LogP) is 0.794. The Hall–Kier alpha value is -1.70. The van der Waals surface area contributed by atoms with Crippen LogP contribution in [0, 0.1) is 5.82 Å². The molecular formula is C12H9AlFN3. The molecule has 82 valence electrons. The van der Waals surface area contributed by atoms with E-state index in [1.165, 1.54) is 16.7 Å². The highest BCUT2D eigenvalue weighted by Crippen LogP contribution is 2.17. The van der Waals surface area contributed by atoms with Gasteiger partial charge in [-0.15, -0.1) is 0 Å². The van der Waals surface area contributed by atoms with Gasteiger partial charge in [-0.1, -0.05) is 0 Å². The van der Waals surface area contributed by atoms with E-state index in [0.717, 1.165) is 33.2 Å². The van der Waals surface area contributed by atoms with Gasteiger partial charge in [-0.25, -0.2) is 14.4 Å². The van der Waals surface area contributed by atoms with Crippen LogP contribution in [0.1, 0.15) is 0 Å². The quantitative estimate of drug-likeness (QED) is 0.590. The van der Waals surface area contributed by atoms with Crippen LogP contribution in [0.2, 0.25) is 0 Å². The van der Waals surface area contributed by atoms with Gasteiger partial charge in [0.05, 0.1) is 12.0 Å². The molecule has 0 unspecified atom stereocenters. The highest BCUT2D eigenvalue weighted by molar-refractivity contribution is 6.31. The summed E-state index contributed by atoms with van der Waals surface area (Å²) in [6, 6.07) is 8.22. The molecule has 0 aliphatic rings. The van der Waals surface area contributed by atoms with Gasteiger partial charge in [0.2, 0.25) is 0 Å². The van der Waals surface area contributed by atoms with Crippen LogP contribution < -0.4 is 4.56 Å².